The Bertz CT molecular complexity index is 420. The van der Waals surface area contributed by atoms with Crippen molar-refractivity contribution < 1.29 is 9.84 Å². The van der Waals surface area contributed by atoms with Crippen LogP contribution < -0.4 is 10.6 Å². The van der Waals surface area contributed by atoms with E-state index in [1.165, 1.54) is 25.7 Å². The van der Waals surface area contributed by atoms with Crippen molar-refractivity contribution in [2.45, 2.75) is 76.5 Å². The van der Waals surface area contributed by atoms with E-state index < -0.39 is 0 Å². The van der Waals surface area contributed by atoms with Gasteiger partial charge in [-0.3, -0.25) is 4.99 Å². The molecule has 0 aromatic carbocycles. The van der Waals surface area contributed by atoms with Gasteiger partial charge in [0, 0.05) is 37.6 Å². The number of nitrogens with one attached hydrogen (secondary N) is 2. The summed E-state index contributed by atoms with van der Waals surface area (Å²) in [6.45, 7) is 3.72. The summed E-state index contributed by atoms with van der Waals surface area (Å²) in [5.74, 6) is 1.25. The third-order valence-corrected chi connectivity index (χ3v) is 6.37. The van der Waals surface area contributed by atoms with E-state index in [4.69, 9.17) is 4.74 Å². The Balaban J connectivity index is 1.52. The van der Waals surface area contributed by atoms with Crippen LogP contribution in [-0.4, -0.2) is 49.5 Å². The highest BCUT2D eigenvalue weighted by atomic mass is 16.5. The van der Waals surface area contributed by atoms with Gasteiger partial charge in [0.1, 0.15) is 0 Å². The summed E-state index contributed by atoms with van der Waals surface area (Å²) in [6.07, 6.45) is 9.74. The molecule has 0 bridgehead atoms. The van der Waals surface area contributed by atoms with E-state index in [1.54, 1.807) is 0 Å². The molecule has 132 valence electrons. The molecule has 0 aliphatic heterocycles. The van der Waals surface area contributed by atoms with Crippen LogP contribution in [0.3, 0.4) is 0 Å². The summed E-state index contributed by atoms with van der Waals surface area (Å²) in [7, 11) is 1.83. The number of rotatable bonds is 5. The standard InChI is InChI=1S/C18H33N3O2/c1-3-23-16-11-15(18(16)9-4-5-10-18)21-17(19-2)20-12-13-7-6-8-14(13)22/h13-16,22H,3-12H2,1-2H3,(H2,19,20,21). The molecule has 0 saturated heterocycles. The average molecular weight is 323 g/mol. The van der Waals surface area contributed by atoms with Gasteiger partial charge >= 0.3 is 0 Å². The highest BCUT2D eigenvalue weighted by Crippen LogP contribution is 2.54. The van der Waals surface area contributed by atoms with Crippen LogP contribution >= 0.6 is 0 Å². The topological polar surface area (TPSA) is 65.9 Å². The zero-order valence-electron chi connectivity index (χ0n) is 14.7. The van der Waals surface area contributed by atoms with Crippen LogP contribution in [0.15, 0.2) is 4.99 Å². The maximum Gasteiger partial charge on any atom is 0.191 e. The summed E-state index contributed by atoms with van der Waals surface area (Å²) >= 11 is 0. The molecule has 0 aromatic heterocycles. The van der Waals surface area contributed by atoms with Crippen LogP contribution in [0, 0.1) is 11.3 Å². The second-order valence-corrected chi connectivity index (χ2v) is 7.53. The van der Waals surface area contributed by atoms with Gasteiger partial charge in [0.25, 0.3) is 0 Å². The van der Waals surface area contributed by atoms with Gasteiger partial charge in [0.15, 0.2) is 5.96 Å². The Hall–Kier alpha value is -0.810. The smallest absolute Gasteiger partial charge is 0.191 e. The summed E-state index contributed by atoms with van der Waals surface area (Å²) in [4.78, 5) is 4.39. The summed E-state index contributed by atoms with van der Waals surface area (Å²) in [5.41, 5.74) is 0.320. The van der Waals surface area contributed by atoms with Crippen LogP contribution in [0.2, 0.25) is 0 Å². The lowest BCUT2D eigenvalue weighted by Crippen LogP contribution is -2.65. The molecule has 4 atom stereocenters. The molecule has 3 aliphatic rings. The maximum atomic E-state index is 9.96. The Morgan fingerprint density at radius 1 is 1.26 bits per heavy atom. The van der Waals surface area contributed by atoms with Gasteiger partial charge < -0.3 is 20.5 Å². The normalized spacial score (nSPS) is 36.2. The second-order valence-electron chi connectivity index (χ2n) is 7.53. The van der Waals surface area contributed by atoms with Gasteiger partial charge in [-0.1, -0.05) is 19.3 Å². The second kappa shape index (κ2) is 7.39. The first-order chi connectivity index (χ1) is 11.2. The van der Waals surface area contributed by atoms with Crippen LogP contribution in [0.1, 0.15) is 58.3 Å². The third-order valence-electron chi connectivity index (χ3n) is 6.37. The first-order valence-corrected chi connectivity index (χ1v) is 9.46. The molecule has 3 aliphatic carbocycles. The third kappa shape index (κ3) is 3.36. The van der Waals surface area contributed by atoms with Crippen molar-refractivity contribution in [2.24, 2.45) is 16.3 Å². The number of aliphatic hydroxyl groups excluding tert-OH is 1. The number of hydrogen-bond acceptors (Lipinski definition) is 3. The van der Waals surface area contributed by atoms with Crippen molar-refractivity contribution in [2.75, 3.05) is 20.2 Å². The molecule has 0 aromatic rings. The van der Waals surface area contributed by atoms with Crippen molar-refractivity contribution in [3.05, 3.63) is 0 Å². The molecule has 0 amide bonds. The number of ether oxygens (including phenoxy) is 1. The van der Waals surface area contributed by atoms with Crippen molar-refractivity contribution in [1.82, 2.24) is 10.6 Å². The molecule has 3 saturated carbocycles. The average Bonchev–Trinajstić information content (AvgIpc) is 3.20. The minimum atomic E-state index is -0.146. The van der Waals surface area contributed by atoms with Crippen molar-refractivity contribution in [3.8, 4) is 0 Å². The van der Waals surface area contributed by atoms with E-state index in [0.29, 0.717) is 23.5 Å². The van der Waals surface area contributed by atoms with Crippen LogP contribution in [-0.2, 0) is 4.74 Å². The quantitative estimate of drug-likeness (QED) is 0.535. The lowest BCUT2D eigenvalue weighted by molar-refractivity contribution is -0.125. The molecule has 0 heterocycles. The van der Waals surface area contributed by atoms with Gasteiger partial charge in [0.2, 0.25) is 0 Å². The molecule has 5 nitrogen and oxygen atoms in total. The highest BCUT2D eigenvalue weighted by molar-refractivity contribution is 5.80. The Morgan fingerprint density at radius 3 is 2.65 bits per heavy atom. The van der Waals surface area contributed by atoms with Crippen LogP contribution in [0.4, 0.5) is 0 Å². The molecule has 3 N–H and O–H groups in total. The molecule has 3 rings (SSSR count). The molecule has 0 radical (unpaired) electrons. The number of guanidine groups is 1. The highest BCUT2D eigenvalue weighted by Gasteiger charge is 2.56. The first kappa shape index (κ1) is 17.0. The van der Waals surface area contributed by atoms with E-state index in [2.05, 4.69) is 22.5 Å². The van der Waals surface area contributed by atoms with Crippen molar-refractivity contribution in [3.63, 3.8) is 0 Å². The van der Waals surface area contributed by atoms with E-state index in [-0.39, 0.29) is 6.10 Å². The van der Waals surface area contributed by atoms with Crippen LogP contribution in [0.5, 0.6) is 0 Å². The zero-order chi connectivity index (χ0) is 16.3. The lowest BCUT2D eigenvalue weighted by atomic mass is 9.60. The Morgan fingerprint density at radius 2 is 2.04 bits per heavy atom. The molecule has 4 unspecified atom stereocenters. The number of aliphatic imine (C=N–C) groups is 1. The van der Waals surface area contributed by atoms with E-state index in [9.17, 15) is 5.11 Å². The number of nitrogens with zero attached hydrogens (tertiary/aromatic N) is 1. The SMILES string of the molecule is CCOC1CC(NC(=NC)NCC2CCCC2O)C12CCCC2. The summed E-state index contributed by atoms with van der Waals surface area (Å²) in [6, 6.07) is 0.473. The van der Waals surface area contributed by atoms with Gasteiger partial charge in [-0.15, -0.1) is 0 Å². The molecule has 5 heteroatoms. The summed E-state index contributed by atoms with van der Waals surface area (Å²) < 4.78 is 5.98. The molecule has 1 spiro atoms. The predicted octanol–water partition coefficient (Wildman–Crippen LogP) is 2.05. The fourth-order valence-corrected chi connectivity index (χ4v) is 4.93. The van der Waals surface area contributed by atoms with Gasteiger partial charge in [0.05, 0.1) is 12.2 Å². The van der Waals surface area contributed by atoms with Gasteiger partial charge in [-0.05, 0) is 39.0 Å². The minimum absolute atomic E-state index is 0.146. The van der Waals surface area contributed by atoms with Crippen LogP contribution in [0.25, 0.3) is 0 Å². The summed E-state index contributed by atoms with van der Waals surface area (Å²) in [5, 5.41) is 17.0. The van der Waals surface area contributed by atoms with Gasteiger partial charge in [-0.2, -0.15) is 0 Å². The Labute approximate surface area is 140 Å². The Kier molecular flexibility index (Phi) is 5.47. The predicted molar refractivity (Wildman–Crippen MR) is 92.6 cm³/mol. The lowest BCUT2D eigenvalue weighted by Gasteiger charge is -2.54. The zero-order valence-corrected chi connectivity index (χ0v) is 14.7. The monoisotopic (exact) mass is 323 g/mol. The minimum Gasteiger partial charge on any atom is -0.393 e. The first-order valence-electron chi connectivity index (χ1n) is 9.46. The number of hydrogen-bond donors (Lipinski definition) is 3. The fraction of sp³-hybridized carbons (Fsp3) is 0.944. The van der Waals surface area contributed by atoms with Crippen molar-refractivity contribution >= 4 is 5.96 Å². The van der Waals surface area contributed by atoms with E-state index in [0.717, 1.165) is 44.8 Å². The molecular formula is C18H33N3O2. The fourth-order valence-electron chi connectivity index (χ4n) is 4.93. The number of aliphatic hydroxyl groups is 1. The van der Waals surface area contributed by atoms with E-state index >= 15 is 0 Å². The largest absolute Gasteiger partial charge is 0.393 e. The molecule has 3 fully saturated rings. The van der Waals surface area contributed by atoms with Crippen molar-refractivity contribution in [1.29, 1.82) is 0 Å². The van der Waals surface area contributed by atoms with E-state index in [1.807, 2.05) is 7.05 Å². The maximum absolute atomic E-state index is 9.96. The molecule has 23 heavy (non-hydrogen) atoms. The molecular weight excluding hydrogens is 290 g/mol. The van der Waals surface area contributed by atoms with Gasteiger partial charge in [-0.25, -0.2) is 0 Å².